The van der Waals surface area contributed by atoms with Gasteiger partial charge >= 0.3 is 0 Å². The first-order chi connectivity index (χ1) is 9.28. The number of benzene rings is 1. The van der Waals surface area contributed by atoms with Crippen LogP contribution in [0.1, 0.15) is 24.0 Å². The van der Waals surface area contributed by atoms with Crippen LogP contribution in [0.15, 0.2) is 18.2 Å². The number of nitrogens with one attached hydrogen (secondary N) is 1. The lowest BCUT2D eigenvalue weighted by atomic mass is 10.1. The van der Waals surface area contributed by atoms with Gasteiger partial charge in [-0.05, 0) is 44.1 Å². The Morgan fingerprint density at radius 1 is 1.53 bits per heavy atom. The quantitative estimate of drug-likeness (QED) is 0.875. The molecule has 1 aliphatic rings. The molecule has 0 aromatic heterocycles. The van der Waals surface area contributed by atoms with Crippen LogP contribution in [0.4, 0.5) is 0 Å². The Hall–Kier alpha value is -1.57. The highest BCUT2D eigenvalue weighted by molar-refractivity contribution is 5.45. The minimum Gasteiger partial charge on any atom is -0.495 e. The van der Waals surface area contributed by atoms with Crippen LogP contribution < -0.4 is 10.1 Å². The molecule has 19 heavy (non-hydrogen) atoms. The summed E-state index contributed by atoms with van der Waals surface area (Å²) in [6.45, 7) is 3.11. The van der Waals surface area contributed by atoms with Gasteiger partial charge in [0, 0.05) is 19.1 Å². The summed E-state index contributed by atoms with van der Waals surface area (Å²) in [6.07, 6.45) is 2.52. The van der Waals surface area contributed by atoms with E-state index in [0.29, 0.717) is 17.4 Å². The van der Waals surface area contributed by atoms with Crippen LogP contribution in [0.3, 0.4) is 0 Å². The second-order valence-electron chi connectivity index (χ2n) is 4.97. The molecule has 1 N–H and O–H groups in total. The molecule has 0 spiro atoms. The Morgan fingerprint density at radius 3 is 3.05 bits per heavy atom. The molecule has 1 aromatic rings. The van der Waals surface area contributed by atoms with Crippen molar-refractivity contribution in [2.45, 2.75) is 25.4 Å². The fourth-order valence-electron chi connectivity index (χ4n) is 2.73. The van der Waals surface area contributed by atoms with E-state index in [1.165, 1.54) is 18.4 Å². The van der Waals surface area contributed by atoms with Crippen molar-refractivity contribution in [1.82, 2.24) is 10.2 Å². The molecule has 1 atom stereocenters. The smallest absolute Gasteiger partial charge is 0.136 e. The molecule has 2 rings (SSSR count). The maximum absolute atomic E-state index is 8.99. The van der Waals surface area contributed by atoms with Crippen LogP contribution in [0.5, 0.6) is 5.75 Å². The summed E-state index contributed by atoms with van der Waals surface area (Å²) in [6, 6.07) is 8.61. The molecule has 1 fully saturated rings. The molecule has 0 saturated carbocycles. The second-order valence-corrected chi connectivity index (χ2v) is 4.97. The average molecular weight is 259 g/mol. The molecule has 4 heteroatoms. The van der Waals surface area contributed by atoms with Crippen LogP contribution in [0.2, 0.25) is 0 Å². The van der Waals surface area contributed by atoms with Crippen LogP contribution in [0.25, 0.3) is 0 Å². The second kappa shape index (κ2) is 6.55. The first-order valence-corrected chi connectivity index (χ1v) is 6.74. The van der Waals surface area contributed by atoms with E-state index in [1.807, 2.05) is 25.2 Å². The van der Waals surface area contributed by atoms with Gasteiger partial charge in [0.25, 0.3) is 0 Å². The summed E-state index contributed by atoms with van der Waals surface area (Å²) >= 11 is 0. The molecule has 1 aliphatic heterocycles. The molecule has 1 unspecified atom stereocenters. The Labute approximate surface area is 115 Å². The van der Waals surface area contributed by atoms with Crippen molar-refractivity contribution in [2.75, 3.05) is 27.2 Å². The molecule has 1 saturated heterocycles. The van der Waals surface area contributed by atoms with Crippen molar-refractivity contribution in [3.05, 3.63) is 29.3 Å². The minimum atomic E-state index is 0.597. The maximum atomic E-state index is 8.99. The van der Waals surface area contributed by atoms with Crippen LogP contribution in [-0.2, 0) is 6.54 Å². The predicted octanol–water partition coefficient (Wildman–Crippen LogP) is 1.75. The Balaban J connectivity index is 2.09. The van der Waals surface area contributed by atoms with Crippen molar-refractivity contribution < 1.29 is 4.74 Å². The normalized spacial score (nSPS) is 19.3. The summed E-state index contributed by atoms with van der Waals surface area (Å²) in [5, 5.41) is 12.2. The largest absolute Gasteiger partial charge is 0.495 e. The molecule has 0 radical (unpaired) electrons. The lowest BCUT2D eigenvalue weighted by molar-refractivity contribution is 0.242. The summed E-state index contributed by atoms with van der Waals surface area (Å²) in [5.74, 6) is 0.671. The summed E-state index contributed by atoms with van der Waals surface area (Å²) < 4.78 is 5.26. The number of methoxy groups -OCH3 is 1. The zero-order chi connectivity index (χ0) is 13.7. The van der Waals surface area contributed by atoms with E-state index in [9.17, 15) is 0 Å². The van der Waals surface area contributed by atoms with E-state index in [0.717, 1.165) is 19.6 Å². The topological polar surface area (TPSA) is 48.3 Å². The van der Waals surface area contributed by atoms with Gasteiger partial charge in [0.05, 0.1) is 12.7 Å². The maximum Gasteiger partial charge on any atom is 0.136 e. The summed E-state index contributed by atoms with van der Waals surface area (Å²) in [7, 11) is 3.61. The minimum absolute atomic E-state index is 0.597. The number of likely N-dealkylation sites (tertiary alicyclic amines) is 1. The third-order valence-corrected chi connectivity index (χ3v) is 3.71. The standard InChI is InChI=1S/C15H21N3O/c1-17-10-14-4-3-7-18(14)11-12-5-6-13(9-16)15(8-12)19-2/h5-6,8,14,17H,3-4,7,10-11H2,1-2H3. The van der Waals surface area contributed by atoms with Gasteiger partial charge in [-0.2, -0.15) is 5.26 Å². The van der Waals surface area contributed by atoms with Crippen molar-refractivity contribution in [3.8, 4) is 11.8 Å². The molecule has 4 nitrogen and oxygen atoms in total. The first-order valence-electron chi connectivity index (χ1n) is 6.74. The fourth-order valence-corrected chi connectivity index (χ4v) is 2.73. The molecular weight excluding hydrogens is 238 g/mol. The highest BCUT2D eigenvalue weighted by atomic mass is 16.5. The highest BCUT2D eigenvalue weighted by Gasteiger charge is 2.23. The number of hydrogen-bond donors (Lipinski definition) is 1. The Bertz CT molecular complexity index is 467. The van der Waals surface area contributed by atoms with Gasteiger partial charge in [0.2, 0.25) is 0 Å². The van der Waals surface area contributed by atoms with Crippen LogP contribution in [0, 0.1) is 11.3 Å². The third kappa shape index (κ3) is 3.25. The summed E-state index contributed by atoms with van der Waals surface area (Å²) in [5.41, 5.74) is 1.80. The van der Waals surface area contributed by atoms with Gasteiger partial charge < -0.3 is 10.1 Å². The first kappa shape index (κ1) is 13.9. The van der Waals surface area contributed by atoms with E-state index in [-0.39, 0.29) is 0 Å². The van der Waals surface area contributed by atoms with E-state index in [1.54, 1.807) is 7.11 Å². The van der Waals surface area contributed by atoms with E-state index >= 15 is 0 Å². The molecule has 1 heterocycles. The monoisotopic (exact) mass is 259 g/mol. The van der Waals surface area contributed by atoms with E-state index in [2.05, 4.69) is 16.3 Å². The van der Waals surface area contributed by atoms with Crippen molar-refractivity contribution in [2.24, 2.45) is 0 Å². The lowest BCUT2D eigenvalue weighted by Gasteiger charge is -2.24. The van der Waals surface area contributed by atoms with E-state index < -0.39 is 0 Å². The van der Waals surface area contributed by atoms with Crippen molar-refractivity contribution >= 4 is 0 Å². The average Bonchev–Trinajstić information content (AvgIpc) is 2.86. The molecule has 1 aromatic carbocycles. The van der Waals surface area contributed by atoms with Gasteiger partial charge in [-0.3, -0.25) is 4.90 Å². The molecule has 0 amide bonds. The number of hydrogen-bond acceptors (Lipinski definition) is 4. The number of nitrogens with zero attached hydrogens (tertiary/aromatic N) is 2. The molecule has 102 valence electrons. The van der Waals surface area contributed by atoms with Crippen LogP contribution >= 0.6 is 0 Å². The summed E-state index contributed by atoms with van der Waals surface area (Å²) in [4.78, 5) is 2.50. The highest BCUT2D eigenvalue weighted by Crippen LogP contribution is 2.23. The van der Waals surface area contributed by atoms with Gasteiger partial charge in [-0.15, -0.1) is 0 Å². The van der Waals surface area contributed by atoms with E-state index in [4.69, 9.17) is 10.00 Å². The zero-order valence-electron chi connectivity index (χ0n) is 11.6. The third-order valence-electron chi connectivity index (χ3n) is 3.71. The van der Waals surface area contributed by atoms with Crippen molar-refractivity contribution in [3.63, 3.8) is 0 Å². The number of likely N-dealkylation sites (N-methyl/N-ethyl adjacent to an activating group) is 1. The van der Waals surface area contributed by atoms with Crippen molar-refractivity contribution in [1.29, 1.82) is 5.26 Å². The van der Waals surface area contributed by atoms with Gasteiger partial charge in [-0.1, -0.05) is 6.07 Å². The SMILES string of the molecule is CNCC1CCCN1Cc1ccc(C#N)c(OC)c1. The number of ether oxygens (including phenoxy) is 1. The Morgan fingerprint density at radius 2 is 2.37 bits per heavy atom. The van der Waals surface area contributed by atoms with Gasteiger partial charge in [0.15, 0.2) is 0 Å². The fraction of sp³-hybridized carbons (Fsp3) is 0.533. The molecule has 0 bridgehead atoms. The molecule has 0 aliphatic carbocycles. The predicted molar refractivity (Wildman–Crippen MR) is 75.1 cm³/mol. The van der Waals surface area contributed by atoms with Gasteiger partial charge in [-0.25, -0.2) is 0 Å². The van der Waals surface area contributed by atoms with Gasteiger partial charge in [0.1, 0.15) is 11.8 Å². The lowest BCUT2D eigenvalue weighted by Crippen LogP contribution is -2.36. The number of nitriles is 1. The zero-order valence-corrected chi connectivity index (χ0v) is 11.6. The molecular formula is C15H21N3O. The van der Waals surface area contributed by atoms with Crippen LogP contribution in [-0.4, -0.2) is 38.2 Å². The Kier molecular flexibility index (Phi) is 4.78. The number of rotatable bonds is 5.